The quantitative estimate of drug-likeness (QED) is 0.482. The highest BCUT2D eigenvalue weighted by molar-refractivity contribution is 5.86. The number of aryl methyl sites for hydroxylation is 1. The largest absolute Gasteiger partial charge is 0.497 e. The Labute approximate surface area is 193 Å². The SMILES string of the molecule is COc1ccc(N(C)c2c(C)[nH]c3c(N4CCCCC4)c(-c4ccccc4)nn3c2=O)cc1. The minimum atomic E-state index is -0.139. The van der Waals surface area contributed by atoms with Gasteiger partial charge >= 0.3 is 0 Å². The van der Waals surface area contributed by atoms with Gasteiger partial charge in [-0.1, -0.05) is 30.3 Å². The molecule has 0 spiro atoms. The molecule has 0 unspecified atom stereocenters. The van der Waals surface area contributed by atoms with Crippen LogP contribution >= 0.6 is 0 Å². The first-order valence-electron chi connectivity index (χ1n) is 11.4. The minimum absolute atomic E-state index is 0.139. The number of H-pyrrole nitrogens is 1. The molecule has 1 aliphatic heterocycles. The van der Waals surface area contributed by atoms with Crippen LogP contribution in [0.1, 0.15) is 25.0 Å². The Morgan fingerprint density at radius 3 is 2.36 bits per heavy atom. The first kappa shape index (κ1) is 21.1. The Hall–Kier alpha value is -3.74. The Morgan fingerprint density at radius 1 is 1.00 bits per heavy atom. The maximum absolute atomic E-state index is 13.8. The van der Waals surface area contributed by atoms with Crippen LogP contribution in [0.2, 0.25) is 0 Å². The van der Waals surface area contributed by atoms with E-state index in [0.717, 1.165) is 65.7 Å². The number of nitrogens with zero attached hydrogens (tertiary/aromatic N) is 4. The molecule has 1 saturated heterocycles. The number of anilines is 3. The molecule has 7 heteroatoms. The van der Waals surface area contributed by atoms with Crippen molar-refractivity contribution in [2.24, 2.45) is 0 Å². The maximum Gasteiger partial charge on any atom is 0.298 e. The molecule has 1 fully saturated rings. The third-order valence-electron chi connectivity index (χ3n) is 6.43. The molecule has 7 nitrogen and oxygen atoms in total. The molecule has 1 N–H and O–H groups in total. The first-order valence-corrected chi connectivity index (χ1v) is 11.4. The zero-order valence-electron chi connectivity index (χ0n) is 19.3. The van der Waals surface area contributed by atoms with Crippen molar-refractivity contribution in [1.29, 1.82) is 0 Å². The molecule has 2 aromatic heterocycles. The summed E-state index contributed by atoms with van der Waals surface area (Å²) >= 11 is 0. The maximum atomic E-state index is 13.8. The summed E-state index contributed by atoms with van der Waals surface area (Å²) < 4.78 is 6.81. The van der Waals surface area contributed by atoms with Crippen LogP contribution < -0.4 is 20.1 Å². The van der Waals surface area contributed by atoms with Gasteiger partial charge in [-0.2, -0.15) is 9.61 Å². The van der Waals surface area contributed by atoms with Crippen molar-refractivity contribution < 1.29 is 4.74 Å². The van der Waals surface area contributed by atoms with Gasteiger partial charge in [-0.15, -0.1) is 0 Å². The normalized spacial score (nSPS) is 14.0. The molecule has 0 saturated carbocycles. The number of piperidine rings is 1. The minimum Gasteiger partial charge on any atom is -0.497 e. The summed E-state index contributed by atoms with van der Waals surface area (Å²) in [5.41, 5.74) is 5.76. The molecule has 33 heavy (non-hydrogen) atoms. The Bertz CT molecular complexity index is 1320. The summed E-state index contributed by atoms with van der Waals surface area (Å²) in [6.07, 6.45) is 3.53. The van der Waals surface area contributed by atoms with Gasteiger partial charge in [0, 0.05) is 37.1 Å². The monoisotopic (exact) mass is 443 g/mol. The molecule has 0 bridgehead atoms. The number of rotatable bonds is 5. The fourth-order valence-corrected chi connectivity index (χ4v) is 4.70. The number of methoxy groups -OCH3 is 1. The van der Waals surface area contributed by atoms with Crippen molar-refractivity contribution in [3.8, 4) is 17.0 Å². The number of hydrogen-bond donors (Lipinski definition) is 1. The van der Waals surface area contributed by atoms with Crippen LogP contribution in [0.5, 0.6) is 5.75 Å². The number of aromatic amines is 1. The fourth-order valence-electron chi connectivity index (χ4n) is 4.70. The van der Waals surface area contributed by atoms with E-state index in [1.54, 1.807) is 7.11 Å². The van der Waals surface area contributed by atoms with E-state index in [1.807, 2.05) is 61.3 Å². The van der Waals surface area contributed by atoms with Gasteiger partial charge in [0.2, 0.25) is 0 Å². The molecule has 1 aliphatic rings. The average molecular weight is 444 g/mol. The zero-order valence-corrected chi connectivity index (χ0v) is 19.3. The second-order valence-electron chi connectivity index (χ2n) is 8.53. The molecule has 170 valence electrons. The van der Waals surface area contributed by atoms with Crippen LogP contribution in [0.3, 0.4) is 0 Å². The molecular weight excluding hydrogens is 414 g/mol. The lowest BCUT2D eigenvalue weighted by atomic mass is 10.1. The Kier molecular flexibility index (Phi) is 5.54. The van der Waals surface area contributed by atoms with Gasteiger partial charge in [-0.3, -0.25) is 4.79 Å². The summed E-state index contributed by atoms with van der Waals surface area (Å²) in [6, 6.07) is 17.8. The lowest BCUT2D eigenvalue weighted by molar-refractivity contribution is 0.415. The van der Waals surface area contributed by atoms with Gasteiger partial charge in [-0.25, -0.2) is 0 Å². The van der Waals surface area contributed by atoms with Gasteiger partial charge in [0.15, 0.2) is 5.65 Å². The van der Waals surface area contributed by atoms with Crippen molar-refractivity contribution in [3.63, 3.8) is 0 Å². The van der Waals surface area contributed by atoms with Crippen LogP contribution in [-0.2, 0) is 0 Å². The fraction of sp³-hybridized carbons (Fsp3) is 0.308. The third-order valence-corrected chi connectivity index (χ3v) is 6.43. The van der Waals surface area contributed by atoms with Crippen molar-refractivity contribution in [2.75, 3.05) is 37.0 Å². The van der Waals surface area contributed by atoms with Crippen LogP contribution in [0.25, 0.3) is 16.9 Å². The number of ether oxygens (including phenoxy) is 1. The van der Waals surface area contributed by atoms with E-state index >= 15 is 0 Å². The first-order chi connectivity index (χ1) is 16.1. The molecule has 0 radical (unpaired) electrons. The number of hydrogen-bond acceptors (Lipinski definition) is 5. The van der Waals surface area contributed by atoms with Crippen LogP contribution in [0.15, 0.2) is 59.4 Å². The molecule has 5 rings (SSSR count). The molecule has 0 amide bonds. The van der Waals surface area contributed by atoms with Crippen molar-refractivity contribution in [2.45, 2.75) is 26.2 Å². The van der Waals surface area contributed by atoms with Crippen molar-refractivity contribution in [1.82, 2.24) is 14.6 Å². The van der Waals surface area contributed by atoms with E-state index in [0.29, 0.717) is 5.69 Å². The number of aromatic nitrogens is 3. The predicted octanol–water partition coefficient (Wildman–Crippen LogP) is 4.76. The highest BCUT2D eigenvalue weighted by Crippen LogP contribution is 2.35. The van der Waals surface area contributed by atoms with Gasteiger partial charge in [0.25, 0.3) is 5.56 Å². The second-order valence-corrected chi connectivity index (χ2v) is 8.53. The van der Waals surface area contributed by atoms with Crippen LogP contribution in [-0.4, -0.2) is 41.8 Å². The smallest absolute Gasteiger partial charge is 0.298 e. The molecular formula is C26H29N5O2. The van der Waals surface area contributed by atoms with E-state index in [2.05, 4.69) is 22.0 Å². The topological polar surface area (TPSA) is 65.9 Å². The predicted molar refractivity (Wildman–Crippen MR) is 133 cm³/mol. The van der Waals surface area contributed by atoms with E-state index in [1.165, 1.54) is 10.9 Å². The van der Waals surface area contributed by atoms with Crippen LogP contribution in [0, 0.1) is 6.92 Å². The molecule has 2 aromatic carbocycles. The highest BCUT2D eigenvalue weighted by Gasteiger charge is 2.26. The molecule has 4 aromatic rings. The summed E-state index contributed by atoms with van der Waals surface area (Å²) in [4.78, 5) is 21.6. The molecule has 0 atom stereocenters. The van der Waals surface area contributed by atoms with Crippen molar-refractivity contribution in [3.05, 3.63) is 70.6 Å². The van der Waals surface area contributed by atoms with E-state index in [9.17, 15) is 4.79 Å². The van der Waals surface area contributed by atoms with Crippen molar-refractivity contribution >= 4 is 22.7 Å². The van der Waals surface area contributed by atoms with Gasteiger partial charge < -0.3 is 19.5 Å². The average Bonchev–Trinajstić information content (AvgIpc) is 3.24. The Morgan fingerprint density at radius 2 is 1.70 bits per heavy atom. The standard InChI is InChI=1S/C26H29N5O2/c1-18-23(29(2)20-12-14-21(33-3)15-13-20)26(32)31-25(27-18)24(30-16-8-5-9-17-30)22(28-31)19-10-6-4-7-11-19/h4,6-7,10-15,27H,5,8-9,16-17H2,1-3H3. The lowest BCUT2D eigenvalue weighted by Gasteiger charge is -2.29. The summed E-state index contributed by atoms with van der Waals surface area (Å²) in [5.74, 6) is 0.777. The van der Waals surface area contributed by atoms with E-state index < -0.39 is 0 Å². The number of benzene rings is 2. The summed E-state index contributed by atoms with van der Waals surface area (Å²) in [7, 11) is 3.54. The van der Waals surface area contributed by atoms with Gasteiger partial charge in [0.1, 0.15) is 22.8 Å². The molecule has 3 heterocycles. The third kappa shape index (κ3) is 3.73. The highest BCUT2D eigenvalue weighted by atomic mass is 16.5. The van der Waals surface area contributed by atoms with Crippen LogP contribution in [0.4, 0.5) is 17.1 Å². The Balaban J connectivity index is 1.69. The lowest BCUT2D eigenvalue weighted by Crippen LogP contribution is -2.30. The van der Waals surface area contributed by atoms with E-state index in [-0.39, 0.29) is 5.56 Å². The molecule has 0 aliphatic carbocycles. The zero-order chi connectivity index (χ0) is 22.9. The summed E-state index contributed by atoms with van der Waals surface area (Å²) in [5, 5.41) is 4.85. The van der Waals surface area contributed by atoms with Gasteiger partial charge in [-0.05, 0) is 50.5 Å². The summed E-state index contributed by atoms with van der Waals surface area (Å²) in [6.45, 7) is 3.89. The number of nitrogens with one attached hydrogen (secondary N) is 1. The van der Waals surface area contributed by atoms with Gasteiger partial charge in [0.05, 0.1) is 7.11 Å². The second kappa shape index (κ2) is 8.65. The van der Waals surface area contributed by atoms with E-state index in [4.69, 9.17) is 9.84 Å². The number of fused-ring (bicyclic) bond motifs is 1.